The molecule has 2 heterocycles. The normalized spacial score (nSPS) is 14.6. The number of sulfone groups is 1. The quantitative estimate of drug-likeness (QED) is 0.747. The predicted molar refractivity (Wildman–Crippen MR) is 101 cm³/mol. The summed E-state index contributed by atoms with van der Waals surface area (Å²) in [4.78, 5) is 11.9. The summed E-state index contributed by atoms with van der Waals surface area (Å²) < 4.78 is 26.8. The standard InChI is InChI=1S/C20H18N2O4S/c1-12(2)13-7-9-14(10-8-13)22-19-15-5-3-4-6-17(15)27(25,26)11-16(19)18(21-22)20(23)24/h3-10,12H,11H2,1-2H3,(H,23,24). The van der Waals surface area contributed by atoms with Crippen LogP contribution in [0.3, 0.4) is 0 Å². The van der Waals surface area contributed by atoms with Gasteiger partial charge in [0.15, 0.2) is 15.5 Å². The molecule has 0 saturated heterocycles. The maximum absolute atomic E-state index is 12.6. The molecule has 4 rings (SSSR count). The Morgan fingerprint density at radius 1 is 1.11 bits per heavy atom. The van der Waals surface area contributed by atoms with Gasteiger partial charge in [-0.25, -0.2) is 17.9 Å². The zero-order chi connectivity index (χ0) is 19.3. The minimum Gasteiger partial charge on any atom is -0.476 e. The smallest absolute Gasteiger partial charge is 0.356 e. The number of carboxylic acid groups (broad SMARTS) is 1. The fraction of sp³-hybridized carbons (Fsp3) is 0.200. The highest BCUT2D eigenvalue weighted by atomic mass is 32.2. The second-order valence-corrected chi connectivity index (χ2v) is 8.85. The van der Waals surface area contributed by atoms with Crippen molar-refractivity contribution in [2.24, 2.45) is 0 Å². The van der Waals surface area contributed by atoms with Gasteiger partial charge in [0.05, 0.1) is 22.0 Å². The van der Waals surface area contributed by atoms with Crippen molar-refractivity contribution < 1.29 is 18.3 Å². The van der Waals surface area contributed by atoms with Gasteiger partial charge in [0.2, 0.25) is 0 Å². The van der Waals surface area contributed by atoms with E-state index in [0.717, 1.165) is 5.56 Å². The highest BCUT2D eigenvalue weighted by Crippen LogP contribution is 2.40. The first-order valence-corrected chi connectivity index (χ1v) is 10.2. The maximum Gasteiger partial charge on any atom is 0.356 e. The molecule has 0 radical (unpaired) electrons. The van der Waals surface area contributed by atoms with E-state index in [1.54, 1.807) is 24.3 Å². The molecule has 0 aliphatic carbocycles. The Hall–Kier alpha value is -2.93. The second kappa shape index (κ2) is 6.06. The molecule has 6 nitrogen and oxygen atoms in total. The van der Waals surface area contributed by atoms with Crippen molar-refractivity contribution in [3.05, 3.63) is 65.4 Å². The predicted octanol–water partition coefficient (Wildman–Crippen LogP) is 3.65. The fourth-order valence-electron chi connectivity index (χ4n) is 3.42. The molecular formula is C20H18N2O4S. The van der Waals surface area contributed by atoms with Crippen molar-refractivity contribution in [3.63, 3.8) is 0 Å². The molecule has 0 fully saturated rings. The first-order chi connectivity index (χ1) is 12.8. The number of aromatic carboxylic acids is 1. The summed E-state index contributed by atoms with van der Waals surface area (Å²) in [7, 11) is -3.61. The van der Waals surface area contributed by atoms with E-state index in [1.807, 2.05) is 24.3 Å². The van der Waals surface area contributed by atoms with Crippen LogP contribution in [0.25, 0.3) is 16.9 Å². The summed E-state index contributed by atoms with van der Waals surface area (Å²) >= 11 is 0. The van der Waals surface area contributed by atoms with Crippen molar-refractivity contribution in [1.29, 1.82) is 0 Å². The third-order valence-electron chi connectivity index (χ3n) is 4.80. The number of fused-ring (bicyclic) bond motifs is 3. The van der Waals surface area contributed by atoms with Gasteiger partial charge >= 0.3 is 5.97 Å². The van der Waals surface area contributed by atoms with E-state index in [9.17, 15) is 18.3 Å². The van der Waals surface area contributed by atoms with Crippen LogP contribution in [0.15, 0.2) is 53.4 Å². The van der Waals surface area contributed by atoms with Crippen molar-refractivity contribution in [2.45, 2.75) is 30.4 Å². The summed E-state index contributed by atoms with van der Waals surface area (Å²) in [5.74, 6) is -1.24. The minimum atomic E-state index is -3.61. The molecule has 7 heteroatoms. The number of aromatic nitrogens is 2. The van der Waals surface area contributed by atoms with Crippen LogP contribution in [-0.4, -0.2) is 29.3 Å². The van der Waals surface area contributed by atoms with Gasteiger partial charge in [0.25, 0.3) is 0 Å². The largest absolute Gasteiger partial charge is 0.476 e. The van der Waals surface area contributed by atoms with E-state index < -0.39 is 15.8 Å². The second-order valence-electron chi connectivity index (χ2n) is 6.89. The number of carbonyl (C=O) groups is 1. The van der Waals surface area contributed by atoms with E-state index in [1.165, 1.54) is 4.68 Å². The number of carboxylic acids is 1. The lowest BCUT2D eigenvalue weighted by atomic mass is 10.0. The Morgan fingerprint density at radius 2 is 1.78 bits per heavy atom. The van der Waals surface area contributed by atoms with Crippen molar-refractivity contribution in [3.8, 4) is 16.9 Å². The molecule has 0 spiro atoms. The Morgan fingerprint density at radius 3 is 2.41 bits per heavy atom. The van der Waals surface area contributed by atoms with Crippen LogP contribution in [0.1, 0.15) is 41.4 Å². The van der Waals surface area contributed by atoms with Crippen LogP contribution in [0.5, 0.6) is 0 Å². The van der Waals surface area contributed by atoms with E-state index >= 15 is 0 Å². The SMILES string of the molecule is CC(C)c1ccc(-n2nc(C(=O)O)c3c2-c2ccccc2S(=O)(=O)C3)cc1. The van der Waals surface area contributed by atoms with Crippen LogP contribution in [0.4, 0.5) is 0 Å². The first kappa shape index (κ1) is 17.5. The van der Waals surface area contributed by atoms with Gasteiger partial charge in [-0.1, -0.05) is 44.2 Å². The Balaban J connectivity index is 2.01. The van der Waals surface area contributed by atoms with Gasteiger partial charge in [0.1, 0.15) is 0 Å². The van der Waals surface area contributed by atoms with Crippen LogP contribution in [-0.2, 0) is 15.6 Å². The summed E-state index contributed by atoms with van der Waals surface area (Å²) in [6.07, 6.45) is 0. The Labute approximate surface area is 157 Å². The summed E-state index contributed by atoms with van der Waals surface area (Å²) in [6, 6.07) is 14.3. The lowest BCUT2D eigenvalue weighted by molar-refractivity contribution is 0.0689. The minimum absolute atomic E-state index is 0.203. The fourth-order valence-corrected chi connectivity index (χ4v) is 5.02. The van der Waals surface area contributed by atoms with Gasteiger partial charge in [-0.3, -0.25) is 0 Å². The topological polar surface area (TPSA) is 89.3 Å². The molecule has 1 aliphatic rings. The molecular weight excluding hydrogens is 364 g/mol. The van der Waals surface area contributed by atoms with Gasteiger partial charge in [0, 0.05) is 11.1 Å². The maximum atomic E-state index is 12.6. The molecule has 2 aromatic carbocycles. The van der Waals surface area contributed by atoms with Crippen LogP contribution >= 0.6 is 0 Å². The van der Waals surface area contributed by atoms with Gasteiger partial charge in [-0.2, -0.15) is 5.10 Å². The molecule has 0 bridgehead atoms. The number of rotatable bonds is 3. The Bertz CT molecular complexity index is 1160. The van der Waals surface area contributed by atoms with Crippen molar-refractivity contribution in [1.82, 2.24) is 9.78 Å². The zero-order valence-corrected chi connectivity index (χ0v) is 15.7. The molecule has 0 atom stereocenters. The van der Waals surface area contributed by atoms with Gasteiger partial charge < -0.3 is 5.11 Å². The molecule has 3 aromatic rings. The average Bonchev–Trinajstić information content (AvgIpc) is 3.01. The molecule has 27 heavy (non-hydrogen) atoms. The highest BCUT2D eigenvalue weighted by Gasteiger charge is 2.35. The monoisotopic (exact) mass is 382 g/mol. The molecule has 138 valence electrons. The van der Waals surface area contributed by atoms with E-state index in [2.05, 4.69) is 18.9 Å². The van der Waals surface area contributed by atoms with Crippen molar-refractivity contribution >= 4 is 15.8 Å². The lowest BCUT2D eigenvalue weighted by Crippen LogP contribution is -2.15. The summed E-state index contributed by atoms with van der Waals surface area (Å²) in [5, 5.41) is 13.8. The van der Waals surface area contributed by atoms with Gasteiger partial charge in [-0.15, -0.1) is 0 Å². The summed E-state index contributed by atoms with van der Waals surface area (Å²) in [6.45, 7) is 4.18. The van der Waals surface area contributed by atoms with Crippen LogP contribution < -0.4 is 0 Å². The van der Waals surface area contributed by atoms with Crippen LogP contribution in [0.2, 0.25) is 0 Å². The number of hydrogen-bond donors (Lipinski definition) is 1. The third kappa shape index (κ3) is 2.75. The molecule has 0 unspecified atom stereocenters. The molecule has 1 aliphatic heterocycles. The summed E-state index contributed by atoms with van der Waals surface area (Å²) in [5.41, 5.74) is 2.85. The van der Waals surface area contributed by atoms with E-state index in [0.29, 0.717) is 22.9 Å². The highest BCUT2D eigenvalue weighted by molar-refractivity contribution is 7.90. The van der Waals surface area contributed by atoms with Crippen molar-refractivity contribution in [2.75, 3.05) is 0 Å². The first-order valence-electron chi connectivity index (χ1n) is 8.57. The molecule has 0 amide bonds. The zero-order valence-electron chi connectivity index (χ0n) is 14.9. The molecule has 1 N–H and O–H groups in total. The number of hydrogen-bond acceptors (Lipinski definition) is 4. The number of nitrogens with zero attached hydrogens (tertiary/aromatic N) is 2. The Kier molecular flexibility index (Phi) is 3.92. The third-order valence-corrected chi connectivity index (χ3v) is 6.50. The molecule has 1 aromatic heterocycles. The lowest BCUT2D eigenvalue weighted by Gasteiger charge is -2.19. The average molecular weight is 382 g/mol. The van der Waals surface area contributed by atoms with Gasteiger partial charge in [-0.05, 0) is 29.7 Å². The molecule has 0 saturated carbocycles. The van der Waals surface area contributed by atoms with E-state index in [4.69, 9.17) is 0 Å². The van der Waals surface area contributed by atoms with Crippen LogP contribution in [0, 0.1) is 0 Å². The number of benzene rings is 2. The van der Waals surface area contributed by atoms with E-state index in [-0.39, 0.29) is 21.9 Å².